The molecule has 4 atom stereocenters. The fourth-order valence-electron chi connectivity index (χ4n) is 4.16. The van der Waals surface area contributed by atoms with E-state index in [2.05, 4.69) is 10.2 Å². The normalized spacial score (nSPS) is 37.6. The van der Waals surface area contributed by atoms with Crippen LogP contribution in [0.4, 0.5) is 0 Å². The van der Waals surface area contributed by atoms with Crippen molar-refractivity contribution in [3.63, 3.8) is 0 Å². The van der Waals surface area contributed by atoms with Gasteiger partial charge in [0.05, 0.1) is 5.92 Å². The van der Waals surface area contributed by atoms with E-state index >= 15 is 0 Å². The number of amides is 1. The van der Waals surface area contributed by atoms with E-state index in [0.29, 0.717) is 18.9 Å². The van der Waals surface area contributed by atoms with Crippen LogP contribution in [0.1, 0.15) is 44.9 Å². The van der Waals surface area contributed by atoms with E-state index < -0.39 is 5.97 Å². The van der Waals surface area contributed by atoms with Crippen molar-refractivity contribution in [2.75, 3.05) is 13.1 Å². The van der Waals surface area contributed by atoms with E-state index in [1.807, 2.05) is 0 Å². The smallest absolute Gasteiger partial charge is 0.306 e. The number of hydrogen-bond donors (Lipinski definition) is 2. The van der Waals surface area contributed by atoms with Crippen molar-refractivity contribution < 1.29 is 14.7 Å². The van der Waals surface area contributed by atoms with Gasteiger partial charge in [-0.2, -0.15) is 0 Å². The molecule has 0 spiro atoms. The summed E-state index contributed by atoms with van der Waals surface area (Å²) in [6.45, 7) is 2.26. The maximum absolute atomic E-state index is 12.3. The average molecular weight is 280 g/mol. The van der Waals surface area contributed by atoms with Gasteiger partial charge < -0.3 is 10.4 Å². The summed E-state index contributed by atoms with van der Waals surface area (Å²) in [7, 11) is 0. The van der Waals surface area contributed by atoms with Gasteiger partial charge in [0, 0.05) is 24.5 Å². The Morgan fingerprint density at radius 3 is 2.55 bits per heavy atom. The second-order valence-electron chi connectivity index (χ2n) is 6.55. The standard InChI is InChI=1S/C15H24N2O3/c18-14(10-4-5-11(9-10)15(19)20)16-12-6-8-17-7-2-1-3-13(12)17/h10-13H,1-9H2,(H,16,18)(H,19,20). The molecule has 2 heterocycles. The molecule has 2 N–H and O–H groups in total. The number of piperidine rings is 1. The van der Waals surface area contributed by atoms with Gasteiger partial charge in [-0.25, -0.2) is 0 Å². The van der Waals surface area contributed by atoms with Gasteiger partial charge in [-0.1, -0.05) is 6.42 Å². The fraction of sp³-hybridized carbons (Fsp3) is 0.867. The summed E-state index contributed by atoms with van der Waals surface area (Å²) in [5, 5.41) is 12.2. The topological polar surface area (TPSA) is 69.6 Å². The van der Waals surface area contributed by atoms with E-state index in [4.69, 9.17) is 5.11 Å². The largest absolute Gasteiger partial charge is 0.481 e. The van der Waals surface area contributed by atoms with Crippen LogP contribution in [-0.4, -0.2) is 47.1 Å². The second kappa shape index (κ2) is 5.72. The van der Waals surface area contributed by atoms with E-state index in [1.165, 1.54) is 25.8 Å². The predicted octanol–water partition coefficient (Wildman–Crippen LogP) is 1.23. The number of nitrogens with zero attached hydrogens (tertiary/aromatic N) is 1. The van der Waals surface area contributed by atoms with Crippen molar-refractivity contribution in [1.29, 1.82) is 0 Å². The molecule has 0 radical (unpaired) electrons. The first-order valence-corrected chi connectivity index (χ1v) is 7.92. The lowest BCUT2D eigenvalue weighted by molar-refractivity contribution is -0.141. The van der Waals surface area contributed by atoms with Crippen LogP contribution in [0.15, 0.2) is 0 Å². The van der Waals surface area contributed by atoms with Gasteiger partial charge in [0.1, 0.15) is 0 Å². The van der Waals surface area contributed by atoms with Crippen molar-refractivity contribution in [2.45, 2.75) is 57.0 Å². The van der Waals surface area contributed by atoms with Gasteiger partial charge in [-0.15, -0.1) is 0 Å². The van der Waals surface area contributed by atoms with E-state index in [1.54, 1.807) is 0 Å². The van der Waals surface area contributed by atoms with Gasteiger partial charge in [0.25, 0.3) is 0 Å². The first-order chi connectivity index (χ1) is 9.65. The Morgan fingerprint density at radius 2 is 1.80 bits per heavy atom. The molecule has 5 heteroatoms. The minimum absolute atomic E-state index is 0.0890. The van der Waals surface area contributed by atoms with Gasteiger partial charge in [-0.05, 0) is 45.1 Å². The molecule has 4 unspecified atom stereocenters. The lowest BCUT2D eigenvalue weighted by Crippen LogP contribution is -2.48. The molecule has 2 saturated heterocycles. The zero-order chi connectivity index (χ0) is 14.1. The van der Waals surface area contributed by atoms with Crippen LogP contribution >= 0.6 is 0 Å². The molecule has 20 heavy (non-hydrogen) atoms. The number of nitrogens with one attached hydrogen (secondary N) is 1. The summed E-state index contributed by atoms with van der Waals surface area (Å²) >= 11 is 0. The summed E-state index contributed by atoms with van der Waals surface area (Å²) < 4.78 is 0. The lowest BCUT2D eigenvalue weighted by Gasteiger charge is -2.32. The Hall–Kier alpha value is -1.10. The lowest BCUT2D eigenvalue weighted by atomic mass is 9.97. The van der Waals surface area contributed by atoms with Crippen LogP contribution in [-0.2, 0) is 9.59 Å². The first kappa shape index (κ1) is 13.9. The molecule has 0 aromatic heterocycles. The highest BCUT2D eigenvalue weighted by atomic mass is 16.4. The van der Waals surface area contributed by atoms with E-state index in [9.17, 15) is 9.59 Å². The average Bonchev–Trinajstić information content (AvgIpc) is 3.06. The van der Waals surface area contributed by atoms with Crippen LogP contribution in [0.25, 0.3) is 0 Å². The Morgan fingerprint density at radius 1 is 1.00 bits per heavy atom. The van der Waals surface area contributed by atoms with Crippen LogP contribution < -0.4 is 5.32 Å². The summed E-state index contributed by atoms with van der Waals surface area (Å²) in [5.74, 6) is -1.07. The Balaban J connectivity index is 1.53. The summed E-state index contributed by atoms with van der Waals surface area (Å²) in [4.78, 5) is 25.8. The Labute approximate surface area is 119 Å². The number of fused-ring (bicyclic) bond motifs is 1. The molecular formula is C15H24N2O3. The monoisotopic (exact) mass is 280 g/mol. The molecule has 1 saturated carbocycles. The van der Waals surface area contributed by atoms with Crippen molar-refractivity contribution >= 4 is 11.9 Å². The number of rotatable bonds is 3. The SMILES string of the molecule is O=C(O)C1CCC(C(=O)NC2CCN3CCCCC23)C1. The van der Waals surface area contributed by atoms with E-state index in [-0.39, 0.29) is 23.8 Å². The molecule has 3 rings (SSSR count). The molecule has 0 aromatic carbocycles. The molecule has 0 bridgehead atoms. The molecule has 0 aromatic rings. The second-order valence-corrected chi connectivity index (χ2v) is 6.55. The summed E-state index contributed by atoms with van der Waals surface area (Å²) in [6.07, 6.45) is 6.66. The van der Waals surface area contributed by atoms with Crippen LogP contribution in [0.5, 0.6) is 0 Å². The maximum atomic E-state index is 12.3. The first-order valence-electron chi connectivity index (χ1n) is 7.92. The van der Waals surface area contributed by atoms with Crippen LogP contribution in [0, 0.1) is 11.8 Å². The molecule has 2 aliphatic heterocycles. The highest BCUT2D eigenvalue weighted by Gasteiger charge is 2.39. The molecular weight excluding hydrogens is 256 g/mol. The molecule has 3 aliphatic rings. The van der Waals surface area contributed by atoms with Crippen LogP contribution in [0.3, 0.4) is 0 Å². The molecule has 5 nitrogen and oxygen atoms in total. The third-order valence-electron chi connectivity index (χ3n) is 5.34. The number of carbonyl (C=O) groups excluding carboxylic acids is 1. The van der Waals surface area contributed by atoms with Crippen molar-refractivity contribution in [1.82, 2.24) is 10.2 Å². The van der Waals surface area contributed by atoms with Gasteiger partial charge in [0.15, 0.2) is 0 Å². The highest BCUT2D eigenvalue weighted by molar-refractivity contribution is 5.81. The third kappa shape index (κ3) is 2.68. The number of hydrogen-bond acceptors (Lipinski definition) is 3. The summed E-state index contributed by atoms with van der Waals surface area (Å²) in [5.41, 5.74) is 0. The van der Waals surface area contributed by atoms with Crippen molar-refractivity contribution in [3.05, 3.63) is 0 Å². The van der Waals surface area contributed by atoms with Crippen molar-refractivity contribution in [2.24, 2.45) is 11.8 Å². The number of carbonyl (C=O) groups is 2. The number of aliphatic carboxylic acids is 1. The molecule has 1 aliphatic carbocycles. The minimum atomic E-state index is -0.750. The van der Waals surface area contributed by atoms with Gasteiger partial charge in [0.2, 0.25) is 5.91 Å². The Bertz CT molecular complexity index is 399. The fourth-order valence-corrected chi connectivity index (χ4v) is 4.16. The Kier molecular flexibility index (Phi) is 3.96. The molecule has 1 amide bonds. The maximum Gasteiger partial charge on any atom is 0.306 e. The minimum Gasteiger partial charge on any atom is -0.481 e. The van der Waals surface area contributed by atoms with Gasteiger partial charge >= 0.3 is 5.97 Å². The predicted molar refractivity (Wildman–Crippen MR) is 74.2 cm³/mol. The van der Waals surface area contributed by atoms with Crippen LogP contribution in [0.2, 0.25) is 0 Å². The summed E-state index contributed by atoms with van der Waals surface area (Å²) in [6, 6.07) is 0.802. The van der Waals surface area contributed by atoms with Gasteiger partial charge in [-0.3, -0.25) is 14.5 Å². The molecule has 3 fully saturated rings. The number of carboxylic acid groups (broad SMARTS) is 1. The van der Waals surface area contributed by atoms with Crippen molar-refractivity contribution in [3.8, 4) is 0 Å². The zero-order valence-electron chi connectivity index (χ0n) is 11.9. The highest BCUT2D eigenvalue weighted by Crippen LogP contribution is 2.32. The number of carboxylic acids is 1. The molecule has 112 valence electrons. The quantitative estimate of drug-likeness (QED) is 0.816. The third-order valence-corrected chi connectivity index (χ3v) is 5.34. The van der Waals surface area contributed by atoms with E-state index in [0.717, 1.165) is 19.4 Å². The zero-order valence-corrected chi connectivity index (χ0v) is 11.9.